The van der Waals surface area contributed by atoms with E-state index < -0.39 is 0 Å². The van der Waals surface area contributed by atoms with Crippen molar-refractivity contribution in [1.29, 1.82) is 0 Å². The topological polar surface area (TPSA) is 48.7 Å². The van der Waals surface area contributed by atoms with Gasteiger partial charge in [0.1, 0.15) is 22.2 Å². The lowest BCUT2D eigenvalue weighted by Gasteiger charge is -2.07. The smallest absolute Gasteiger partial charge is 0.200 e. The Hall–Kier alpha value is -2.27. The maximum absolute atomic E-state index is 12.7. The summed E-state index contributed by atoms with van der Waals surface area (Å²) in [5.74, 6) is 1.36. The fourth-order valence-corrected chi connectivity index (χ4v) is 2.88. The average molecular weight is 361 g/mol. The maximum Gasteiger partial charge on any atom is 0.200 e. The minimum atomic E-state index is -0.0882. The molecular weight excluding hydrogens is 348 g/mol. The zero-order chi connectivity index (χ0) is 15.7. The number of hydrogen-bond acceptors (Lipinski definition) is 4. The van der Waals surface area contributed by atoms with Crippen molar-refractivity contribution in [2.75, 3.05) is 14.2 Å². The molecule has 0 spiro atoms. The fraction of sp³-hybridized carbons (Fsp3) is 0.118. The summed E-state index contributed by atoms with van der Waals surface area (Å²) in [6.07, 6.45) is 1.47. The summed E-state index contributed by atoms with van der Waals surface area (Å²) < 4.78 is 16.6. The Labute approximate surface area is 135 Å². The number of halogens is 1. The zero-order valence-electron chi connectivity index (χ0n) is 12.1. The van der Waals surface area contributed by atoms with Crippen LogP contribution in [0.3, 0.4) is 0 Å². The summed E-state index contributed by atoms with van der Waals surface area (Å²) in [7, 11) is 3.17. The van der Waals surface area contributed by atoms with Crippen LogP contribution in [-0.2, 0) is 0 Å². The average Bonchev–Trinajstić information content (AvgIpc) is 2.56. The van der Waals surface area contributed by atoms with Gasteiger partial charge in [-0.1, -0.05) is 12.1 Å². The van der Waals surface area contributed by atoms with Crippen LogP contribution in [0.25, 0.3) is 22.1 Å². The number of fused-ring (bicyclic) bond motifs is 1. The first kappa shape index (κ1) is 14.7. The molecule has 1 aromatic heterocycles. The third kappa shape index (κ3) is 2.37. The van der Waals surface area contributed by atoms with Crippen LogP contribution in [0.4, 0.5) is 0 Å². The Morgan fingerprint density at radius 2 is 1.73 bits per heavy atom. The predicted molar refractivity (Wildman–Crippen MR) is 88.7 cm³/mol. The lowest BCUT2D eigenvalue weighted by atomic mass is 10.1. The van der Waals surface area contributed by atoms with Crippen LogP contribution < -0.4 is 14.9 Å². The predicted octanol–water partition coefficient (Wildman–Crippen LogP) is 4.24. The van der Waals surface area contributed by atoms with Crippen molar-refractivity contribution in [3.05, 3.63) is 57.4 Å². The number of rotatable bonds is 3. The van der Waals surface area contributed by atoms with Crippen LogP contribution >= 0.6 is 15.9 Å². The third-order valence-electron chi connectivity index (χ3n) is 3.47. The second kappa shape index (κ2) is 5.85. The zero-order valence-corrected chi connectivity index (χ0v) is 13.6. The molecule has 0 radical (unpaired) electrons. The van der Waals surface area contributed by atoms with Crippen LogP contribution in [0.2, 0.25) is 0 Å². The summed E-state index contributed by atoms with van der Waals surface area (Å²) in [6.45, 7) is 0. The van der Waals surface area contributed by atoms with E-state index in [0.717, 1.165) is 11.3 Å². The molecule has 0 bridgehead atoms. The first-order valence-corrected chi connectivity index (χ1v) is 7.37. The van der Waals surface area contributed by atoms with E-state index in [0.29, 0.717) is 26.8 Å². The van der Waals surface area contributed by atoms with Crippen LogP contribution in [0.1, 0.15) is 0 Å². The first-order valence-electron chi connectivity index (χ1n) is 6.58. The van der Waals surface area contributed by atoms with Crippen LogP contribution in [0.15, 0.2) is 56.3 Å². The molecule has 0 unspecified atom stereocenters. The van der Waals surface area contributed by atoms with Crippen molar-refractivity contribution in [1.82, 2.24) is 0 Å². The Morgan fingerprint density at radius 1 is 1.00 bits per heavy atom. The molecule has 0 saturated heterocycles. The highest BCUT2D eigenvalue weighted by molar-refractivity contribution is 9.10. The van der Waals surface area contributed by atoms with Crippen molar-refractivity contribution in [3.63, 3.8) is 0 Å². The summed E-state index contributed by atoms with van der Waals surface area (Å²) in [6, 6.07) is 10.7. The monoisotopic (exact) mass is 360 g/mol. The van der Waals surface area contributed by atoms with E-state index in [1.54, 1.807) is 26.4 Å². The normalized spacial score (nSPS) is 10.7. The van der Waals surface area contributed by atoms with E-state index >= 15 is 0 Å². The van der Waals surface area contributed by atoms with E-state index in [-0.39, 0.29) is 5.43 Å². The van der Waals surface area contributed by atoms with E-state index in [9.17, 15) is 4.79 Å². The third-order valence-corrected chi connectivity index (χ3v) is 4.22. The van der Waals surface area contributed by atoms with Crippen molar-refractivity contribution in [3.8, 4) is 22.6 Å². The second-order valence-corrected chi connectivity index (χ2v) is 5.46. The lowest BCUT2D eigenvalue weighted by molar-refractivity contribution is 0.411. The maximum atomic E-state index is 12.7. The molecule has 0 atom stereocenters. The molecule has 0 aliphatic heterocycles. The van der Waals surface area contributed by atoms with Gasteiger partial charge in [0.2, 0.25) is 5.43 Å². The lowest BCUT2D eigenvalue weighted by Crippen LogP contribution is -2.05. The molecule has 112 valence electrons. The Balaban J connectivity index is 2.20. The van der Waals surface area contributed by atoms with E-state index in [2.05, 4.69) is 15.9 Å². The highest BCUT2D eigenvalue weighted by atomic mass is 79.9. The van der Waals surface area contributed by atoms with Gasteiger partial charge < -0.3 is 13.9 Å². The molecule has 3 aromatic rings. The van der Waals surface area contributed by atoms with Crippen molar-refractivity contribution in [2.24, 2.45) is 0 Å². The summed E-state index contributed by atoms with van der Waals surface area (Å²) in [4.78, 5) is 12.7. The molecule has 0 aliphatic carbocycles. The molecule has 0 aliphatic rings. The molecule has 22 heavy (non-hydrogen) atoms. The largest absolute Gasteiger partial charge is 0.497 e. The van der Waals surface area contributed by atoms with Crippen LogP contribution in [-0.4, -0.2) is 14.2 Å². The minimum Gasteiger partial charge on any atom is -0.497 e. The van der Waals surface area contributed by atoms with Gasteiger partial charge in [0.15, 0.2) is 5.58 Å². The molecule has 5 heteroatoms. The molecule has 0 N–H and O–H groups in total. The van der Waals surface area contributed by atoms with Gasteiger partial charge in [-0.05, 0) is 45.8 Å². The van der Waals surface area contributed by atoms with Gasteiger partial charge in [-0.25, -0.2) is 0 Å². The standard InChI is InChI=1S/C17H13BrO4/c1-20-11-5-3-10(4-6-11)13-9-22-17-12(16(13)19)7-8-14(21-2)15(17)18/h3-9H,1-2H3. The van der Waals surface area contributed by atoms with Crippen molar-refractivity contribution >= 4 is 26.9 Å². The molecule has 0 saturated carbocycles. The highest BCUT2D eigenvalue weighted by Crippen LogP contribution is 2.33. The van der Waals surface area contributed by atoms with Gasteiger partial charge in [0, 0.05) is 0 Å². The van der Waals surface area contributed by atoms with E-state index in [4.69, 9.17) is 13.9 Å². The summed E-state index contributed by atoms with van der Waals surface area (Å²) >= 11 is 3.40. The Kier molecular flexibility index (Phi) is 3.90. The van der Waals surface area contributed by atoms with E-state index in [1.165, 1.54) is 6.26 Å². The van der Waals surface area contributed by atoms with Gasteiger partial charge in [0.25, 0.3) is 0 Å². The molecule has 1 heterocycles. The molecule has 0 amide bonds. The summed E-state index contributed by atoms with van der Waals surface area (Å²) in [5, 5.41) is 0.501. The van der Waals surface area contributed by atoms with Gasteiger partial charge in [-0.15, -0.1) is 0 Å². The molecular formula is C17H13BrO4. The van der Waals surface area contributed by atoms with Crippen molar-refractivity contribution in [2.45, 2.75) is 0 Å². The number of hydrogen-bond donors (Lipinski definition) is 0. The van der Waals surface area contributed by atoms with Gasteiger partial charge in [-0.2, -0.15) is 0 Å². The number of ether oxygens (including phenoxy) is 2. The highest BCUT2D eigenvalue weighted by Gasteiger charge is 2.14. The molecule has 3 rings (SSSR count). The minimum absolute atomic E-state index is 0.0882. The second-order valence-electron chi connectivity index (χ2n) is 4.67. The Bertz CT molecular complexity index is 882. The Morgan fingerprint density at radius 3 is 2.36 bits per heavy atom. The fourth-order valence-electron chi connectivity index (χ4n) is 2.28. The number of benzene rings is 2. The van der Waals surface area contributed by atoms with Crippen LogP contribution in [0.5, 0.6) is 11.5 Å². The SMILES string of the molecule is COc1ccc(-c2coc3c(Br)c(OC)ccc3c2=O)cc1. The quantitative estimate of drug-likeness (QED) is 0.700. The molecule has 2 aromatic carbocycles. The molecule has 4 nitrogen and oxygen atoms in total. The van der Waals surface area contributed by atoms with Crippen molar-refractivity contribution < 1.29 is 13.9 Å². The van der Waals surface area contributed by atoms with E-state index in [1.807, 2.05) is 24.3 Å². The van der Waals surface area contributed by atoms with Gasteiger partial charge in [-0.3, -0.25) is 4.79 Å². The summed E-state index contributed by atoms with van der Waals surface area (Å²) in [5.41, 5.74) is 1.67. The number of methoxy groups -OCH3 is 2. The van der Waals surface area contributed by atoms with Gasteiger partial charge in [0.05, 0.1) is 25.2 Å². The van der Waals surface area contributed by atoms with Gasteiger partial charge >= 0.3 is 0 Å². The molecule has 0 fully saturated rings. The first-order chi connectivity index (χ1) is 10.7. The van der Waals surface area contributed by atoms with Crippen LogP contribution in [0, 0.1) is 0 Å².